The highest BCUT2D eigenvalue weighted by atomic mass is 32.1. The largest absolute Gasteiger partial charge is 0.497 e. The molecule has 162 valence electrons. The summed E-state index contributed by atoms with van der Waals surface area (Å²) in [7, 11) is 1.67. The minimum Gasteiger partial charge on any atom is -0.497 e. The number of piperidine rings is 1. The molecule has 4 aromatic rings. The monoisotopic (exact) mass is 444 g/mol. The Morgan fingerprint density at radius 2 is 1.81 bits per heavy atom. The Kier molecular flexibility index (Phi) is 5.73. The van der Waals surface area contributed by atoms with Gasteiger partial charge in [0.15, 0.2) is 0 Å². The zero-order valence-electron chi connectivity index (χ0n) is 17.8. The molecule has 1 amide bonds. The average molecular weight is 445 g/mol. The molecular formula is C25H24N4O2S. The number of amides is 1. The Morgan fingerprint density at radius 3 is 2.53 bits per heavy atom. The minimum atomic E-state index is 0.0157. The number of hydrogen-bond donors (Lipinski definition) is 1. The molecule has 1 aliphatic heterocycles. The summed E-state index contributed by atoms with van der Waals surface area (Å²) < 4.78 is 6.36. The van der Waals surface area contributed by atoms with Crippen LogP contribution in [0.3, 0.4) is 0 Å². The number of fused-ring (bicyclic) bond motifs is 1. The molecule has 32 heavy (non-hydrogen) atoms. The second-order valence-corrected chi connectivity index (χ2v) is 8.92. The van der Waals surface area contributed by atoms with Crippen molar-refractivity contribution in [2.75, 3.05) is 30.4 Å². The molecule has 1 N–H and O–H groups in total. The molecule has 0 saturated carbocycles. The van der Waals surface area contributed by atoms with Gasteiger partial charge >= 0.3 is 0 Å². The minimum absolute atomic E-state index is 0.0157. The van der Waals surface area contributed by atoms with E-state index < -0.39 is 0 Å². The van der Waals surface area contributed by atoms with Crippen molar-refractivity contribution in [1.29, 1.82) is 0 Å². The van der Waals surface area contributed by atoms with Crippen LogP contribution in [0.1, 0.15) is 12.8 Å². The van der Waals surface area contributed by atoms with Gasteiger partial charge in [-0.1, -0.05) is 18.2 Å². The van der Waals surface area contributed by atoms with E-state index in [9.17, 15) is 4.79 Å². The molecule has 1 saturated heterocycles. The zero-order valence-corrected chi connectivity index (χ0v) is 18.6. The molecule has 6 nitrogen and oxygen atoms in total. The van der Waals surface area contributed by atoms with Crippen molar-refractivity contribution in [2.45, 2.75) is 12.8 Å². The quantitative estimate of drug-likeness (QED) is 0.457. The summed E-state index contributed by atoms with van der Waals surface area (Å²) in [6.07, 6.45) is 3.25. The number of nitrogens with one attached hydrogen (secondary N) is 1. The third-order valence-corrected chi connectivity index (χ3v) is 7.04. The van der Waals surface area contributed by atoms with E-state index in [0.29, 0.717) is 0 Å². The predicted molar refractivity (Wildman–Crippen MR) is 129 cm³/mol. The first-order chi connectivity index (χ1) is 15.7. The smallest absolute Gasteiger partial charge is 0.227 e. The molecule has 3 heterocycles. The fourth-order valence-corrected chi connectivity index (χ4v) is 5.22. The fraction of sp³-hybridized carbons (Fsp3) is 0.240. The molecular weight excluding hydrogens is 420 g/mol. The Bertz CT molecular complexity index is 1220. The number of nitrogens with zero attached hydrogens (tertiary/aromatic N) is 3. The molecule has 0 unspecified atom stereocenters. The van der Waals surface area contributed by atoms with Crippen molar-refractivity contribution in [3.8, 4) is 16.2 Å². The molecule has 0 spiro atoms. The van der Waals surface area contributed by atoms with Gasteiger partial charge in [0.25, 0.3) is 0 Å². The lowest BCUT2D eigenvalue weighted by Crippen LogP contribution is -2.38. The van der Waals surface area contributed by atoms with Gasteiger partial charge in [-0.05, 0) is 60.9 Å². The number of methoxy groups -OCH3 is 1. The molecule has 1 fully saturated rings. The van der Waals surface area contributed by atoms with Gasteiger partial charge in [-0.2, -0.15) is 0 Å². The SMILES string of the molecule is COc1ccc(-c2cc3ncnc(N4CCC(C(=O)Nc5ccccc5)CC4)c3s2)cc1. The normalized spacial score (nSPS) is 14.5. The summed E-state index contributed by atoms with van der Waals surface area (Å²) in [6.45, 7) is 1.60. The second kappa shape index (κ2) is 8.96. The molecule has 0 bridgehead atoms. The fourth-order valence-electron chi connectivity index (χ4n) is 4.08. The van der Waals surface area contributed by atoms with Gasteiger partial charge in [-0.25, -0.2) is 9.97 Å². The molecule has 7 heteroatoms. The standard InChI is InChI=1S/C25H24N4O2S/c1-31-20-9-7-17(8-10-20)22-15-21-23(32-22)24(27-16-26-21)29-13-11-18(12-14-29)25(30)28-19-5-3-2-4-6-19/h2-10,15-16,18H,11-14H2,1H3,(H,28,30). The highest BCUT2D eigenvalue weighted by Gasteiger charge is 2.27. The molecule has 0 atom stereocenters. The van der Waals surface area contributed by atoms with Crippen LogP contribution >= 0.6 is 11.3 Å². The average Bonchev–Trinajstić information content (AvgIpc) is 3.29. The van der Waals surface area contributed by atoms with Crippen molar-refractivity contribution in [3.63, 3.8) is 0 Å². The summed E-state index contributed by atoms with van der Waals surface area (Å²) in [5.74, 6) is 1.92. The maximum Gasteiger partial charge on any atom is 0.227 e. The van der Waals surface area contributed by atoms with Crippen LogP contribution in [0.5, 0.6) is 5.75 Å². The van der Waals surface area contributed by atoms with E-state index in [2.05, 4.69) is 38.4 Å². The van der Waals surface area contributed by atoms with Crippen molar-refractivity contribution in [2.24, 2.45) is 5.92 Å². The lowest BCUT2D eigenvalue weighted by molar-refractivity contribution is -0.120. The number of anilines is 2. The van der Waals surface area contributed by atoms with Crippen LogP contribution in [0.4, 0.5) is 11.5 Å². The van der Waals surface area contributed by atoms with E-state index in [1.807, 2.05) is 42.5 Å². The van der Waals surface area contributed by atoms with Crippen molar-refractivity contribution >= 4 is 39.0 Å². The van der Waals surface area contributed by atoms with E-state index in [0.717, 1.165) is 63.8 Å². The first-order valence-corrected chi connectivity index (χ1v) is 11.5. The maximum absolute atomic E-state index is 12.7. The van der Waals surface area contributed by atoms with E-state index in [1.165, 1.54) is 0 Å². The number of rotatable bonds is 5. The Labute approximate surface area is 190 Å². The summed E-state index contributed by atoms with van der Waals surface area (Å²) in [6, 6.07) is 19.8. The van der Waals surface area contributed by atoms with E-state index in [4.69, 9.17) is 4.74 Å². The summed E-state index contributed by atoms with van der Waals surface area (Å²) in [5, 5.41) is 3.04. The third-order valence-electron chi connectivity index (χ3n) is 5.87. The Morgan fingerprint density at radius 1 is 1.06 bits per heavy atom. The van der Waals surface area contributed by atoms with Gasteiger partial charge in [0.05, 0.1) is 17.3 Å². The van der Waals surface area contributed by atoms with Crippen LogP contribution in [0, 0.1) is 5.92 Å². The summed E-state index contributed by atoms with van der Waals surface area (Å²) in [4.78, 5) is 25.2. The third kappa shape index (κ3) is 4.16. The number of benzene rings is 2. The number of aromatic nitrogens is 2. The number of ether oxygens (including phenoxy) is 1. The van der Waals surface area contributed by atoms with Crippen LogP contribution in [-0.4, -0.2) is 36.1 Å². The Balaban J connectivity index is 1.31. The summed E-state index contributed by atoms with van der Waals surface area (Å²) in [5.41, 5.74) is 2.94. The van der Waals surface area contributed by atoms with Crippen LogP contribution < -0.4 is 15.0 Å². The topological polar surface area (TPSA) is 67.4 Å². The van der Waals surface area contributed by atoms with Crippen LogP contribution in [0.2, 0.25) is 0 Å². The molecule has 0 radical (unpaired) electrons. The van der Waals surface area contributed by atoms with Crippen LogP contribution in [0.15, 0.2) is 67.0 Å². The first kappa shape index (κ1) is 20.5. The molecule has 1 aliphatic rings. The zero-order chi connectivity index (χ0) is 21.9. The van der Waals surface area contributed by atoms with Gasteiger partial charge < -0.3 is 15.0 Å². The van der Waals surface area contributed by atoms with E-state index >= 15 is 0 Å². The number of carbonyl (C=O) groups is 1. The lowest BCUT2D eigenvalue weighted by atomic mass is 9.96. The van der Waals surface area contributed by atoms with Crippen LogP contribution in [-0.2, 0) is 4.79 Å². The van der Waals surface area contributed by atoms with Gasteiger partial charge in [-0.3, -0.25) is 4.79 Å². The number of hydrogen-bond acceptors (Lipinski definition) is 6. The predicted octanol–water partition coefficient (Wildman–Crippen LogP) is 5.22. The molecule has 0 aliphatic carbocycles. The molecule has 5 rings (SSSR count). The van der Waals surface area contributed by atoms with E-state index in [1.54, 1.807) is 24.8 Å². The highest BCUT2D eigenvalue weighted by molar-refractivity contribution is 7.22. The van der Waals surface area contributed by atoms with Crippen molar-refractivity contribution in [1.82, 2.24) is 9.97 Å². The van der Waals surface area contributed by atoms with Crippen LogP contribution in [0.25, 0.3) is 20.7 Å². The Hall–Kier alpha value is -3.45. The number of thiophene rings is 1. The number of para-hydroxylation sites is 1. The van der Waals surface area contributed by atoms with Gasteiger partial charge in [0, 0.05) is 29.6 Å². The molecule has 2 aromatic heterocycles. The number of carbonyl (C=O) groups excluding carboxylic acids is 1. The first-order valence-electron chi connectivity index (χ1n) is 10.7. The second-order valence-electron chi connectivity index (χ2n) is 7.87. The van der Waals surface area contributed by atoms with Gasteiger partial charge in [-0.15, -0.1) is 11.3 Å². The highest BCUT2D eigenvalue weighted by Crippen LogP contribution is 2.38. The van der Waals surface area contributed by atoms with Gasteiger partial charge in [0.1, 0.15) is 17.9 Å². The van der Waals surface area contributed by atoms with Crippen molar-refractivity contribution < 1.29 is 9.53 Å². The maximum atomic E-state index is 12.7. The van der Waals surface area contributed by atoms with Gasteiger partial charge in [0.2, 0.25) is 5.91 Å². The molecule has 2 aromatic carbocycles. The summed E-state index contributed by atoms with van der Waals surface area (Å²) >= 11 is 1.71. The van der Waals surface area contributed by atoms with E-state index in [-0.39, 0.29) is 11.8 Å². The van der Waals surface area contributed by atoms with Crippen molar-refractivity contribution in [3.05, 3.63) is 67.0 Å². The lowest BCUT2D eigenvalue weighted by Gasteiger charge is -2.32.